The van der Waals surface area contributed by atoms with E-state index in [-0.39, 0.29) is 24.0 Å². The Morgan fingerprint density at radius 1 is 1.06 bits per heavy atom. The number of guanidine groups is 1. The van der Waals surface area contributed by atoms with Crippen molar-refractivity contribution < 1.29 is 9.53 Å². The third kappa shape index (κ3) is 8.69. The van der Waals surface area contributed by atoms with Gasteiger partial charge in [-0.2, -0.15) is 5.10 Å². The fourth-order valence-electron chi connectivity index (χ4n) is 3.20. The highest BCUT2D eigenvalue weighted by Crippen LogP contribution is 2.14. The number of nitrogens with zero attached hydrogens (tertiary/aromatic N) is 3. The van der Waals surface area contributed by atoms with E-state index in [2.05, 4.69) is 32.1 Å². The summed E-state index contributed by atoms with van der Waals surface area (Å²) in [5, 5.41) is 13.8. The third-order valence-corrected chi connectivity index (χ3v) is 4.72. The van der Waals surface area contributed by atoms with Crippen LogP contribution >= 0.6 is 24.0 Å². The summed E-state index contributed by atoms with van der Waals surface area (Å²) in [6.07, 6.45) is 4.06. The molecule has 0 atom stereocenters. The van der Waals surface area contributed by atoms with Crippen LogP contribution in [0.2, 0.25) is 0 Å². The van der Waals surface area contributed by atoms with Crippen molar-refractivity contribution in [3.05, 3.63) is 78.1 Å². The maximum atomic E-state index is 11.9. The van der Waals surface area contributed by atoms with Gasteiger partial charge in [0, 0.05) is 38.2 Å². The number of para-hydroxylation sites is 1. The van der Waals surface area contributed by atoms with Crippen LogP contribution in [-0.2, 0) is 17.7 Å². The average Bonchev–Trinajstić information content (AvgIpc) is 3.31. The number of carbonyl (C=O) groups is 1. The molecular formula is C25H33IN6O2. The Hall–Kier alpha value is -3.08. The van der Waals surface area contributed by atoms with Gasteiger partial charge in [-0.05, 0) is 62.6 Å². The zero-order valence-electron chi connectivity index (χ0n) is 20.0. The van der Waals surface area contributed by atoms with E-state index in [1.165, 1.54) is 0 Å². The van der Waals surface area contributed by atoms with E-state index in [1.807, 2.05) is 80.2 Å². The molecule has 0 radical (unpaired) electrons. The van der Waals surface area contributed by atoms with Gasteiger partial charge in [0.25, 0.3) is 0 Å². The lowest BCUT2D eigenvalue weighted by Gasteiger charge is -2.19. The summed E-state index contributed by atoms with van der Waals surface area (Å²) in [6.45, 7) is 6.86. The Bertz CT molecular complexity index is 1060. The highest BCUT2D eigenvalue weighted by atomic mass is 127. The maximum absolute atomic E-state index is 11.9. The predicted octanol–water partition coefficient (Wildman–Crippen LogP) is 4.75. The van der Waals surface area contributed by atoms with Gasteiger partial charge in [0.2, 0.25) is 0 Å². The van der Waals surface area contributed by atoms with Gasteiger partial charge >= 0.3 is 6.09 Å². The van der Waals surface area contributed by atoms with Crippen molar-refractivity contribution in [2.45, 2.75) is 39.3 Å². The number of carbonyl (C=O) groups excluding carboxylic acids is 1. The number of hydrogen-bond acceptors (Lipinski definition) is 4. The van der Waals surface area contributed by atoms with Crippen LogP contribution in [0.5, 0.6) is 0 Å². The van der Waals surface area contributed by atoms with Gasteiger partial charge < -0.3 is 15.4 Å². The number of amides is 1. The van der Waals surface area contributed by atoms with Gasteiger partial charge in [-0.15, -0.1) is 24.0 Å². The minimum Gasteiger partial charge on any atom is -0.444 e. The van der Waals surface area contributed by atoms with Gasteiger partial charge in [0.05, 0.1) is 5.69 Å². The second-order valence-corrected chi connectivity index (χ2v) is 8.51. The number of aliphatic imine (C=N–C) groups is 1. The molecule has 3 N–H and O–H groups in total. The van der Waals surface area contributed by atoms with Crippen LogP contribution in [0.3, 0.4) is 0 Å². The van der Waals surface area contributed by atoms with Crippen molar-refractivity contribution in [1.82, 2.24) is 20.4 Å². The van der Waals surface area contributed by atoms with Crippen LogP contribution in [0.25, 0.3) is 5.69 Å². The standard InChI is InChI=1S/C25H32N6O2.HI/c1-25(2,3)33-24(32)30-21-12-10-19(11-13-21)14-16-27-23(26-4)28-18-20-8-5-6-9-22(20)31-17-7-15-29-31;/h5-13,15,17H,14,16,18H2,1-4H3,(H,30,32)(H2,26,27,28);1H. The molecule has 182 valence electrons. The summed E-state index contributed by atoms with van der Waals surface area (Å²) >= 11 is 0. The van der Waals surface area contributed by atoms with E-state index >= 15 is 0 Å². The van der Waals surface area contributed by atoms with E-state index in [0.717, 1.165) is 35.7 Å². The first kappa shape index (κ1) is 27.2. The van der Waals surface area contributed by atoms with E-state index in [4.69, 9.17) is 4.74 Å². The van der Waals surface area contributed by atoms with Gasteiger partial charge in [-0.25, -0.2) is 9.48 Å². The molecular weight excluding hydrogens is 543 g/mol. The molecule has 0 saturated heterocycles. The summed E-state index contributed by atoms with van der Waals surface area (Å²) in [5.41, 5.74) is 3.48. The molecule has 0 spiro atoms. The van der Waals surface area contributed by atoms with Crippen LogP contribution in [0.4, 0.5) is 10.5 Å². The first-order valence-electron chi connectivity index (χ1n) is 11.0. The summed E-state index contributed by atoms with van der Waals surface area (Å²) in [4.78, 5) is 16.2. The van der Waals surface area contributed by atoms with E-state index < -0.39 is 11.7 Å². The molecule has 3 aromatic rings. The smallest absolute Gasteiger partial charge is 0.412 e. The molecule has 1 heterocycles. The Balaban J connectivity index is 0.00000408. The molecule has 1 amide bonds. The highest BCUT2D eigenvalue weighted by molar-refractivity contribution is 14.0. The maximum Gasteiger partial charge on any atom is 0.412 e. The first-order valence-corrected chi connectivity index (χ1v) is 11.0. The average molecular weight is 576 g/mol. The molecule has 8 nitrogen and oxygen atoms in total. The number of ether oxygens (including phenoxy) is 1. The molecule has 0 saturated carbocycles. The first-order chi connectivity index (χ1) is 15.8. The van der Waals surface area contributed by atoms with Crippen LogP contribution in [0, 0.1) is 0 Å². The summed E-state index contributed by atoms with van der Waals surface area (Å²) in [5.74, 6) is 0.730. The fourth-order valence-corrected chi connectivity index (χ4v) is 3.20. The minimum absolute atomic E-state index is 0. The van der Waals surface area contributed by atoms with Gasteiger partial charge in [0.1, 0.15) is 5.60 Å². The zero-order valence-corrected chi connectivity index (χ0v) is 22.4. The van der Waals surface area contributed by atoms with Crippen LogP contribution in [0.15, 0.2) is 72.0 Å². The van der Waals surface area contributed by atoms with Gasteiger partial charge in [-0.1, -0.05) is 30.3 Å². The molecule has 0 aliphatic heterocycles. The van der Waals surface area contributed by atoms with E-state index in [0.29, 0.717) is 12.2 Å². The Morgan fingerprint density at radius 3 is 2.44 bits per heavy atom. The number of aromatic nitrogens is 2. The number of anilines is 1. The van der Waals surface area contributed by atoms with Crippen molar-refractivity contribution in [1.29, 1.82) is 0 Å². The van der Waals surface area contributed by atoms with Gasteiger partial charge in [-0.3, -0.25) is 10.3 Å². The predicted molar refractivity (Wildman–Crippen MR) is 147 cm³/mol. The van der Waals surface area contributed by atoms with Crippen LogP contribution in [-0.4, -0.2) is 41.0 Å². The summed E-state index contributed by atoms with van der Waals surface area (Å²) in [7, 11) is 1.76. The fraction of sp³-hybridized carbons (Fsp3) is 0.320. The van der Waals surface area contributed by atoms with E-state index in [1.54, 1.807) is 13.2 Å². The van der Waals surface area contributed by atoms with Crippen molar-refractivity contribution in [3.8, 4) is 5.69 Å². The molecule has 3 rings (SSSR count). The third-order valence-electron chi connectivity index (χ3n) is 4.72. The lowest BCUT2D eigenvalue weighted by molar-refractivity contribution is 0.0636. The zero-order chi connectivity index (χ0) is 23.7. The molecule has 0 unspecified atom stereocenters. The molecule has 2 aromatic carbocycles. The SMILES string of the molecule is CN=C(NCCc1ccc(NC(=O)OC(C)(C)C)cc1)NCc1ccccc1-n1cccn1.I. The molecule has 0 aliphatic rings. The van der Waals surface area contributed by atoms with Crippen molar-refractivity contribution in [2.75, 3.05) is 18.9 Å². The second-order valence-electron chi connectivity index (χ2n) is 8.51. The van der Waals surface area contributed by atoms with Crippen LogP contribution in [0.1, 0.15) is 31.9 Å². The monoisotopic (exact) mass is 576 g/mol. The number of halogens is 1. The molecule has 0 fully saturated rings. The minimum atomic E-state index is -0.524. The number of benzene rings is 2. The summed E-state index contributed by atoms with van der Waals surface area (Å²) in [6, 6.07) is 17.8. The quantitative estimate of drug-likeness (QED) is 0.215. The van der Waals surface area contributed by atoms with Crippen molar-refractivity contribution >= 4 is 41.7 Å². The largest absolute Gasteiger partial charge is 0.444 e. The van der Waals surface area contributed by atoms with Crippen molar-refractivity contribution in [2.24, 2.45) is 4.99 Å². The van der Waals surface area contributed by atoms with Gasteiger partial charge in [0.15, 0.2) is 5.96 Å². The summed E-state index contributed by atoms with van der Waals surface area (Å²) < 4.78 is 7.13. The lowest BCUT2D eigenvalue weighted by atomic mass is 10.1. The molecule has 9 heteroatoms. The van der Waals surface area contributed by atoms with E-state index in [9.17, 15) is 4.79 Å². The Labute approximate surface area is 218 Å². The molecule has 34 heavy (non-hydrogen) atoms. The Kier molecular flexibility index (Phi) is 10.4. The normalized spacial score (nSPS) is 11.4. The number of nitrogens with one attached hydrogen (secondary N) is 3. The second kappa shape index (κ2) is 13.0. The molecule has 0 aliphatic carbocycles. The number of rotatable bonds is 7. The number of hydrogen-bond donors (Lipinski definition) is 3. The Morgan fingerprint density at radius 2 is 1.79 bits per heavy atom. The van der Waals surface area contributed by atoms with Crippen molar-refractivity contribution in [3.63, 3.8) is 0 Å². The molecule has 0 bridgehead atoms. The lowest BCUT2D eigenvalue weighted by Crippen LogP contribution is -2.38. The van der Waals surface area contributed by atoms with Crippen LogP contribution < -0.4 is 16.0 Å². The highest BCUT2D eigenvalue weighted by Gasteiger charge is 2.16. The molecule has 1 aromatic heterocycles. The topological polar surface area (TPSA) is 92.6 Å².